The maximum absolute atomic E-state index is 11.1. The Hall–Kier alpha value is -1.82. The Bertz CT molecular complexity index is 463. The van der Waals surface area contributed by atoms with Crippen molar-refractivity contribution in [3.8, 4) is 5.75 Å². The van der Waals surface area contributed by atoms with E-state index in [4.69, 9.17) is 4.74 Å². The summed E-state index contributed by atoms with van der Waals surface area (Å²) in [7, 11) is 0. The number of rotatable bonds is 9. The van der Waals surface area contributed by atoms with E-state index in [0.717, 1.165) is 25.1 Å². The van der Waals surface area contributed by atoms with Crippen molar-refractivity contribution in [3.63, 3.8) is 0 Å². The lowest BCUT2D eigenvalue weighted by Gasteiger charge is -2.24. The Balaban J connectivity index is 3.08. The van der Waals surface area contributed by atoms with Crippen LogP contribution in [-0.4, -0.2) is 35.8 Å². The van der Waals surface area contributed by atoms with Gasteiger partial charge in [-0.1, -0.05) is 13.3 Å². The summed E-state index contributed by atoms with van der Waals surface area (Å²) in [4.78, 5) is 12.6. The van der Waals surface area contributed by atoms with Crippen LogP contribution in [0.1, 0.15) is 33.6 Å². The lowest BCUT2D eigenvalue weighted by molar-refractivity contribution is -0.386. The van der Waals surface area contributed by atoms with Crippen LogP contribution in [0.2, 0.25) is 0 Å². The van der Waals surface area contributed by atoms with Crippen LogP contribution < -0.4 is 9.64 Å². The number of aliphatic hydroxyl groups excluding tert-OH is 1. The Morgan fingerprint density at radius 3 is 2.62 bits per heavy atom. The number of ether oxygens (including phenoxy) is 1. The van der Waals surface area contributed by atoms with Gasteiger partial charge in [-0.15, -0.1) is 0 Å². The minimum atomic E-state index is -0.441. The van der Waals surface area contributed by atoms with Gasteiger partial charge in [-0.3, -0.25) is 10.1 Å². The molecule has 0 aromatic heterocycles. The molecule has 1 rings (SSSR count). The third kappa shape index (κ3) is 5.23. The van der Waals surface area contributed by atoms with Gasteiger partial charge < -0.3 is 14.7 Å². The second-order valence-corrected chi connectivity index (χ2v) is 5.14. The molecular formula is C15H24N2O4. The average molecular weight is 296 g/mol. The summed E-state index contributed by atoms with van der Waals surface area (Å²) in [5, 5.41) is 20.2. The van der Waals surface area contributed by atoms with E-state index in [-0.39, 0.29) is 24.1 Å². The van der Waals surface area contributed by atoms with E-state index >= 15 is 0 Å². The molecule has 1 N–H and O–H groups in total. The molecule has 0 bridgehead atoms. The van der Waals surface area contributed by atoms with Crippen molar-refractivity contribution in [2.75, 3.05) is 24.6 Å². The molecule has 0 saturated carbocycles. The number of aliphatic hydroxyl groups is 1. The zero-order valence-electron chi connectivity index (χ0n) is 12.9. The standard InChI is InChI=1S/C15H24N2O4/c1-4-5-8-16(9-10-18)13-6-7-14(17(19)20)15(11-13)21-12(2)3/h6-7,11-12,18H,4-5,8-10H2,1-3H3. The largest absolute Gasteiger partial charge is 0.484 e. The van der Waals surface area contributed by atoms with E-state index in [1.54, 1.807) is 12.1 Å². The first-order chi connectivity index (χ1) is 9.99. The van der Waals surface area contributed by atoms with Crippen LogP contribution in [-0.2, 0) is 0 Å². The molecule has 6 nitrogen and oxygen atoms in total. The molecule has 1 aromatic rings. The van der Waals surface area contributed by atoms with E-state index in [0.29, 0.717) is 6.54 Å². The van der Waals surface area contributed by atoms with E-state index < -0.39 is 4.92 Å². The molecule has 0 unspecified atom stereocenters. The Morgan fingerprint density at radius 2 is 2.10 bits per heavy atom. The number of nitro benzene ring substituents is 1. The first-order valence-corrected chi connectivity index (χ1v) is 7.30. The Morgan fingerprint density at radius 1 is 1.38 bits per heavy atom. The van der Waals surface area contributed by atoms with Crippen molar-refractivity contribution in [1.29, 1.82) is 0 Å². The number of unbranched alkanes of at least 4 members (excludes halogenated alkanes) is 1. The molecule has 1 aromatic carbocycles. The second-order valence-electron chi connectivity index (χ2n) is 5.14. The highest BCUT2D eigenvalue weighted by Crippen LogP contribution is 2.32. The molecular weight excluding hydrogens is 272 g/mol. The van der Waals surface area contributed by atoms with Gasteiger partial charge in [-0.05, 0) is 26.3 Å². The van der Waals surface area contributed by atoms with Crippen molar-refractivity contribution in [2.24, 2.45) is 0 Å². The smallest absolute Gasteiger partial charge is 0.311 e. The summed E-state index contributed by atoms with van der Waals surface area (Å²) in [5.41, 5.74) is 0.797. The minimum Gasteiger partial charge on any atom is -0.484 e. The summed E-state index contributed by atoms with van der Waals surface area (Å²) in [6, 6.07) is 4.85. The zero-order chi connectivity index (χ0) is 15.8. The van der Waals surface area contributed by atoms with Crippen LogP contribution in [0.3, 0.4) is 0 Å². The molecule has 0 radical (unpaired) electrons. The molecule has 0 amide bonds. The quantitative estimate of drug-likeness (QED) is 0.560. The van der Waals surface area contributed by atoms with E-state index in [1.165, 1.54) is 6.07 Å². The number of benzene rings is 1. The predicted molar refractivity (Wildman–Crippen MR) is 83.1 cm³/mol. The van der Waals surface area contributed by atoms with Gasteiger partial charge in [0.15, 0.2) is 5.75 Å². The molecule has 0 aliphatic rings. The van der Waals surface area contributed by atoms with E-state index in [1.807, 2.05) is 18.7 Å². The average Bonchev–Trinajstić information content (AvgIpc) is 2.42. The number of nitro groups is 1. The summed E-state index contributed by atoms with van der Waals surface area (Å²) in [6.07, 6.45) is 1.91. The van der Waals surface area contributed by atoms with Crippen molar-refractivity contribution < 1.29 is 14.8 Å². The fraction of sp³-hybridized carbons (Fsp3) is 0.600. The predicted octanol–water partition coefficient (Wildman–Crippen LogP) is 2.98. The van der Waals surface area contributed by atoms with E-state index in [9.17, 15) is 15.2 Å². The summed E-state index contributed by atoms with van der Waals surface area (Å²) < 4.78 is 5.55. The van der Waals surface area contributed by atoms with Crippen LogP contribution in [0, 0.1) is 10.1 Å². The first-order valence-electron chi connectivity index (χ1n) is 7.30. The summed E-state index contributed by atoms with van der Waals surface area (Å²) in [5.74, 6) is 0.270. The van der Waals surface area contributed by atoms with Crippen molar-refractivity contribution in [2.45, 2.75) is 39.7 Å². The summed E-state index contributed by atoms with van der Waals surface area (Å²) in [6.45, 7) is 7.11. The third-order valence-electron chi connectivity index (χ3n) is 3.02. The fourth-order valence-corrected chi connectivity index (χ4v) is 2.04. The normalized spacial score (nSPS) is 10.7. The highest BCUT2D eigenvalue weighted by atomic mass is 16.6. The van der Waals surface area contributed by atoms with Crippen LogP contribution >= 0.6 is 0 Å². The molecule has 21 heavy (non-hydrogen) atoms. The molecule has 6 heteroatoms. The maximum Gasteiger partial charge on any atom is 0.311 e. The van der Waals surface area contributed by atoms with Gasteiger partial charge in [0.05, 0.1) is 17.6 Å². The molecule has 0 aliphatic carbocycles. The van der Waals surface area contributed by atoms with Gasteiger partial charge in [-0.25, -0.2) is 0 Å². The van der Waals surface area contributed by atoms with Crippen LogP contribution in [0.15, 0.2) is 18.2 Å². The lowest BCUT2D eigenvalue weighted by atomic mass is 10.2. The monoisotopic (exact) mass is 296 g/mol. The highest BCUT2D eigenvalue weighted by molar-refractivity contribution is 5.59. The summed E-state index contributed by atoms with van der Waals surface area (Å²) >= 11 is 0. The fourth-order valence-electron chi connectivity index (χ4n) is 2.04. The Labute approximate surface area is 125 Å². The molecule has 0 saturated heterocycles. The van der Waals surface area contributed by atoms with Gasteiger partial charge in [0.1, 0.15) is 0 Å². The van der Waals surface area contributed by atoms with Gasteiger partial charge in [-0.2, -0.15) is 0 Å². The SMILES string of the molecule is CCCCN(CCO)c1ccc([N+](=O)[O-])c(OC(C)C)c1. The highest BCUT2D eigenvalue weighted by Gasteiger charge is 2.18. The first kappa shape index (κ1) is 17.2. The molecule has 0 heterocycles. The van der Waals surface area contributed by atoms with Crippen molar-refractivity contribution in [3.05, 3.63) is 28.3 Å². The van der Waals surface area contributed by atoms with Gasteiger partial charge in [0.2, 0.25) is 0 Å². The van der Waals surface area contributed by atoms with Gasteiger partial charge in [0.25, 0.3) is 0 Å². The molecule has 0 spiro atoms. The number of hydrogen-bond acceptors (Lipinski definition) is 5. The number of hydrogen-bond donors (Lipinski definition) is 1. The Kier molecular flexibility index (Phi) is 6.94. The van der Waals surface area contributed by atoms with Crippen LogP contribution in [0.5, 0.6) is 5.75 Å². The minimum absolute atomic E-state index is 0.0353. The zero-order valence-corrected chi connectivity index (χ0v) is 12.9. The van der Waals surface area contributed by atoms with Gasteiger partial charge in [0, 0.05) is 30.9 Å². The molecule has 0 atom stereocenters. The van der Waals surface area contributed by atoms with Crippen molar-refractivity contribution >= 4 is 11.4 Å². The second kappa shape index (κ2) is 8.46. The molecule has 118 valence electrons. The van der Waals surface area contributed by atoms with Crippen molar-refractivity contribution in [1.82, 2.24) is 0 Å². The van der Waals surface area contributed by atoms with E-state index in [2.05, 4.69) is 6.92 Å². The molecule has 0 fully saturated rings. The number of anilines is 1. The van der Waals surface area contributed by atoms with Crippen LogP contribution in [0.25, 0.3) is 0 Å². The lowest BCUT2D eigenvalue weighted by Crippen LogP contribution is -2.27. The van der Waals surface area contributed by atoms with Crippen LogP contribution in [0.4, 0.5) is 11.4 Å². The topological polar surface area (TPSA) is 75.8 Å². The third-order valence-corrected chi connectivity index (χ3v) is 3.02. The molecule has 0 aliphatic heterocycles. The maximum atomic E-state index is 11.1. The van der Waals surface area contributed by atoms with Gasteiger partial charge >= 0.3 is 5.69 Å². The number of nitrogens with zero attached hydrogens (tertiary/aromatic N) is 2.